The van der Waals surface area contributed by atoms with Crippen molar-refractivity contribution in [2.75, 3.05) is 13.2 Å². The van der Waals surface area contributed by atoms with Crippen molar-refractivity contribution in [3.63, 3.8) is 0 Å². The fourth-order valence-electron chi connectivity index (χ4n) is 2.23. The summed E-state index contributed by atoms with van der Waals surface area (Å²) in [5.41, 5.74) is 0. The first-order valence-electron chi connectivity index (χ1n) is 8.06. The highest BCUT2D eigenvalue weighted by atomic mass is 16.6. The number of unbranched alkanes of at least 4 members (excludes halogenated alkanes) is 3. The minimum Gasteiger partial charge on any atom is -0.396 e. The molecule has 0 saturated carbocycles. The summed E-state index contributed by atoms with van der Waals surface area (Å²) in [7, 11) is 0. The average molecular weight is 326 g/mol. The lowest BCUT2D eigenvalue weighted by atomic mass is 10.1. The van der Waals surface area contributed by atoms with Crippen molar-refractivity contribution in [2.45, 2.75) is 52.0 Å². The second-order valence-electron chi connectivity index (χ2n) is 5.83. The normalized spacial score (nSPS) is 13.5. The number of nitrogens with zero attached hydrogens (tertiary/aromatic N) is 3. The van der Waals surface area contributed by atoms with Crippen molar-refractivity contribution in [3.05, 3.63) is 22.6 Å². The van der Waals surface area contributed by atoms with Crippen LogP contribution in [0.5, 0.6) is 0 Å². The van der Waals surface area contributed by atoms with Gasteiger partial charge in [0.05, 0.1) is 0 Å². The third kappa shape index (κ3) is 6.35. The smallest absolute Gasteiger partial charge is 0.381 e. The Morgan fingerprint density at radius 2 is 2.22 bits per heavy atom. The number of rotatable bonds is 11. The van der Waals surface area contributed by atoms with Crippen molar-refractivity contribution in [3.8, 4) is 0 Å². The van der Waals surface area contributed by atoms with Crippen LogP contribution < -0.4 is 5.32 Å². The molecule has 1 aromatic rings. The molecule has 23 heavy (non-hydrogen) atoms. The molecule has 0 saturated heterocycles. The standard InChI is InChI=1S/C15H26N4O4/c1-3-4-5-6-7-13(15(21)16-8-12(2)10-20)18-9-14(17-11-18)19(22)23/h9,11-13,20H,3-8,10H2,1-2H3,(H,16,21). The minimum absolute atomic E-state index is 0.00199. The summed E-state index contributed by atoms with van der Waals surface area (Å²) in [6, 6.07) is -0.515. The number of amides is 1. The molecular formula is C15H26N4O4. The molecule has 0 fully saturated rings. The van der Waals surface area contributed by atoms with E-state index in [-0.39, 0.29) is 24.2 Å². The molecule has 0 bridgehead atoms. The Morgan fingerprint density at radius 3 is 2.78 bits per heavy atom. The predicted octanol–water partition coefficient (Wildman–Crippen LogP) is 2.05. The molecule has 1 amide bonds. The summed E-state index contributed by atoms with van der Waals surface area (Å²) in [4.78, 5) is 26.3. The Bertz CT molecular complexity index is 503. The van der Waals surface area contributed by atoms with Gasteiger partial charge in [0.1, 0.15) is 12.2 Å². The molecule has 2 unspecified atom stereocenters. The summed E-state index contributed by atoms with van der Waals surface area (Å²) in [6.07, 6.45) is 7.31. The van der Waals surface area contributed by atoms with E-state index in [1.807, 2.05) is 6.92 Å². The van der Waals surface area contributed by atoms with Crippen LogP contribution in [0.15, 0.2) is 12.5 Å². The van der Waals surface area contributed by atoms with Gasteiger partial charge in [-0.05, 0) is 22.2 Å². The molecule has 2 atom stereocenters. The number of hydrogen-bond donors (Lipinski definition) is 2. The molecule has 0 spiro atoms. The summed E-state index contributed by atoms with van der Waals surface area (Å²) >= 11 is 0. The molecule has 1 rings (SSSR count). The molecular weight excluding hydrogens is 300 g/mol. The van der Waals surface area contributed by atoms with E-state index in [1.54, 1.807) is 0 Å². The van der Waals surface area contributed by atoms with Crippen molar-refractivity contribution < 1.29 is 14.8 Å². The van der Waals surface area contributed by atoms with Gasteiger partial charge in [0, 0.05) is 13.2 Å². The molecule has 1 aromatic heterocycles. The van der Waals surface area contributed by atoms with Crippen LogP contribution in [-0.2, 0) is 4.79 Å². The molecule has 0 aliphatic carbocycles. The number of nitro groups is 1. The highest BCUT2D eigenvalue weighted by Gasteiger charge is 2.23. The molecule has 8 heteroatoms. The Balaban J connectivity index is 2.74. The first-order chi connectivity index (χ1) is 11.0. The number of aliphatic hydroxyl groups excluding tert-OH is 1. The maximum absolute atomic E-state index is 12.4. The van der Waals surface area contributed by atoms with Crippen LogP contribution in [-0.4, -0.2) is 38.6 Å². The monoisotopic (exact) mass is 326 g/mol. The first-order valence-corrected chi connectivity index (χ1v) is 8.06. The van der Waals surface area contributed by atoms with Crippen molar-refractivity contribution in [1.82, 2.24) is 14.9 Å². The van der Waals surface area contributed by atoms with Crippen LogP contribution in [0.3, 0.4) is 0 Å². The van der Waals surface area contributed by atoms with E-state index in [4.69, 9.17) is 5.11 Å². The fraction of sp³-hybridized carbons (Fsp3) is 0.733. The van der Waals surface area contributed by atoms with Gasteiger partial charge in [-0.2, -0.15) is 0 Å². The van der Waals surface area contributed by atoms with Gasteiger partial charge in [-0.15, -0.1) is 0 Å². The quantitative estimate of drug-likeness (QED) is 0.367. The fourth-order valence-corrected chi connectivity index (χ4v) is 2.23. The van der Waals surface area contributed by atoms with Crippen LogP contribution in [0.25, 0.3) is 0 Å². The Morgan fingerprint density at radius 1 is 1.48 bits per heavy atom. The lowest BCUT2D eigenvalue weighted by molar-refractivity contribution is -0.389. The first kappa shape index (κ1) is 19.1. The van der Waals surface area contributed by atoms with Crippen LogP contribution in [0.4, 0.5) is 5.82 Å². The Labute approximate surface area is 136 Å². The molecule has 0 radical (unpaired) electrons. The van der Waals surface area contributed by atoms with E-state index >= 15 is 0 Å². The Kier molecular flexibility index (Phi) is 8.25. The van der Waals surface area contributed by atoms with Gasteiger partial charge in [-0.1, -0.05) is 39.5 Å². The zero-order valence-corrected chi connectivity index (χ0v) is 13.8. The van der Waals surface area contributed by atoms with Gasteiger partial charge in [-0.25, -0.2) is 0 Å². The molecule has 0 aliphatic heterocycles. The second-order valence-corrected chi connectivity index (χ2v) is 5.83. The van der Waals surface area contributed by atoms with Gasteiger partial charge in [0.25, 0.3) is 0 Å². The highest BCUT2D eigenvalue weighted by molar-refractivity contribution is 5.80. The van der Waals surface area contributed by atoms with Crippen molar-refractivity contribution in [1.29, 1.82) is 0 Å². The predicted molar refractivity (Wildman–Crippen MR) is 85.9 cm³/mol. The van der Waals surface area contributed by atoms with Crippen molar-refractivity contribution in [2.24, 2.45) is 5.92 Å². The maximum atomic E-state index is 12.4. The van der Waals surface area contributed by atoms with Gasteiger partial charge < -0.3 is 20.5 Å². The molecule has 0 aromatic carbocycles. The van der Waals surface area contributed by atoms with E-state index in [0.29, 0.717) is 13.0 Å². The summed E-state index contributed by atoms with van der Waals surface area (Å²) < 4.78 is 1.50. The summed E-state index contributed by atoms with van der Waals surface area (Å²) in [5, 5.41) is 22.6. The zero-order chi connectivity index (χ0) is 17.2. The number of aliphatic hydroxyl groups is 1. The number of hydrogen-bond acceptors (Lipinski definition) is 5. The summed E-state index contributed by atoms with van der Waals surface area (Å²) in [5.74, 6) is -0.494. The largest absolute Gasteiger partial charge is 0.396 e. The highest BCUT2D eigenvalue weighted by Crippen LogP contribution is 2.19. The lowest BCUT2D eigenvalue weighted by Gasteiger charge is -2.18. The van der Waals surface area contributed by atoms with E-state index in [1.165, 1.54) is 17.1 Å². The molecule has 1 heterocycles. The van der Waals surface area contributed by atoms with E-state index < -0.39 is 11.0 Å². The molecule has 8 nitrogen and oxygen atoms in total. The van der Waals surface area contributed by atoms with Crippen LogP contribution in [0.1, 0.15) is 52.0 Å². The second kappa shape index (κ2) is 9.94. The molecule has 2 N–H and O–H groups in total. The number of carbonyl (C=O) groups excluding carboxylic acids is 1. The number of carbonyl (C=O) groups is 1. The molecule has 0 aliphatic rings. The zero-order valence-electron chi connectivity index (χ0n) is 13.8. The number of aromatic nitrogens is 2. The summed E-state index contributed by atoms with van der Waals surface area (Å²) in [6.45, 7) is 4.31. The molecule has 130 valence electrons. The third-order valence-electron chi connectivity index (χ3n) is 3.71. The maximum Gasteiger partial charge on any atom is 0.381 e. The lowest BCUT2D eigenvalue weighted by Crippen LogP contribution is -2.35. The number of nitrogens with one attached hydrogen (secondary N) is 1. The average Bonchev–Trinajstić information content (AvgIpc) is 3.02. The van der Waals surface area contributed by atoms with Crippen LogP contribution >= 0.6 is 0 Å². The van der Waals surface area contributed by atoms with Gasteiger partial charge in [0.15, 0.2) is 0 Å². The SMILES string of the molecule is CCCCCCC(C(=O)NCC(C)CO)n1cnc([N+](=O)[O-])c1. The van der Waals surface area contributed by atoms with Gasteiger partial charge in [-0.3, -0.25) is 9.36 Å². The van der Waals surface area contributed by atoms with Gasteiger partial charge >= 0.3 is 5.82 Å². The number of imidazole rings is 1. The Hall–Kier alpha value is -1.96. The van der Waals surface area contributed by atoms with Crippen LogP contribution in [0.2, 0.25) is 0 Å². The van der Waals surface area contributed by atoms with Crippen molar-refractivity contribution >= 4 is 11.7 Å². The third-order valence-corrected chi connectivity index (χ3v) is 3.71. The minimum atomic E-state index is -0.573. The van der Waals surface area contributed by atoms with Crippen LogP contribution in [0, 0.1) is 16.0 Å². The van der Waals surface area contributed by atoms with Gasteiger partial charge in [0.2, 0.25) is 12.2 Å². The topological polar surface area (TPSA) is 110 Å². The van der Waals surface area contributed by atoms with E-state index in [9.17, 15) is 14.9 Å². The van der Waals surface area contributed by atoms with E-state index in [2.05, 4.69) is 17.2 Å². The van der Waals surface area contributed by atoms with E-state index in [0.717, 1.165) is 25.7 Å².